The van der Waals surface area contributed by atoms with Gasteiger partial charge in [-0.05, 0) is 37.0 Å². The van der Waals surface area contributed by atoms with E-state index in [4.69, 9.17) is 0 Å². The molecule has 2 bridgehead atoms. The lowest BCUT2D eigenvalue weighted by atomic mass is 9.82. The highest BCUT2D eigenvalue weighted by atomic mass is 32.1. The molecular weight excluding hydrogens is 356 g/mol. The number of likely N-dealkylation sites (tertiary alicyclic amines) is 1. The number of aryl methyl sites for hydroxylation is 1. The topological polar surface area (TPSA) is 51.0 Å². The zero-order chi connectivity index (χ0) is 18.4. The Morgan fingerprint density at radius 2 is 2.15 bits per heavy atom. The van der Waals surface area contributed by atoms with E-state index in [1.165, 1.54) is 17.8 Å². The molecule has 0 radical (unpaired) electrons. The number of hydrogen-bond acceptors (Lipinski definition) is 5. The molecule has 5 nitrogen and oxygen atoms in total. The van der Waals surface area contributed by atoms with Gasteiger partial charge in [0.1, 0.15) is 0 Å². The number of nitrogens with zero attached hydrogens (tertiary/aromatic N) is 4. The highest BCUT2D eigenvalue weighted by Gasteiger charge is 2.35. The van der Waals surface area contributed by atoms with E-state index in [1.54, 1.807) is 23.6 Å². The molecule has 1 saturated heterocycles. The number of aromatic nitrogens is 3. The number of piperidine rings is 1. The molecule has 0 N–H and O–H groups in total. The van der Waals surface area contributed by atoms with Crippen LogP contribution in [0.15, 0.2) is 46.8 Å². The number of thiazole rings is 1. The number of fused-ring (bicyclic) bond motifs is 4. The van der Waals surface area contributed by atoms with Gasteiger partial charge in [-0.1, -0.05) is 6.07 Å². The van der Waals surface area contributed by atoms with Gasteiger partial charge >= 0.3 is 0 Å². The van der Waals surface area contributed by atoms with Crippen molar-refractivity contribution >= 4 is 11.3 Å². The minimum atomic E-state index is 0.115. The Morgan fingerprint density at radius 1 is 1.22 bits per heavy atom. The van der Waals surface area contributed by atoms with Crippen LogP contribution in [0.4, 0.5) is 0 Å². The molecule has 5 rings (SSSR count). The van der Waals surface area contributed by atoms with Gasteiger partial charge in [-0.2, -0.15) is 0 Å². The van der Waals surface area contributed by atoms with Gasteiger partial charge in [-0.25, -0.2) is 4.98 Å². The van der Waals surface area contributed by atoms with Crippen LogP contribution < -0.4 is 5.56 Å². The van der Waals surface area contributed by atoms with Crippen LogP contribution in [-0.4, -0.2) is 32.5 Å². The molecule has 0 amide bonds. The molecule has 6 heteroatoms. The van der Waals surface area contributed by atoms with Gasteiger partial charge < -0.3 is 4.57 Å². The van der Waals surface area contributed by atoms with Gasteiger partial charge in [-0.15, -0.1) is 11.3 Å². The highest BCUT2D eigenvalue weighted by molar-refractivity contribution is 7.09. The summed E-state index contributed by atoms with van der Waals surface area (Å²) in [5, 5.41) is 3.29. The molecule has 0 saturated carbocycles. The first-order valence-electron chi connectivity index (χ1n) is 9.44. The second-order valence-electron chi connectivity index (χ2n) is 7.71. The molecule has 27 heavy (non-hydrogen) atoms. The van der Waals surface area contributed by atoms with E-state index in [0.717, 1.165) is 42.3 Å². The van der Waals surface area contributed by atoms with Gasteiger partial charge in [0, 0.05) is 67.2 Å². The molecule has 0 unspecified atom stereocenters. The third-order valence-electron chi connectivity index (χ3n) is 5.68. The van der Waals surface area contributed by atoms with Crippen LogP contribution in [0.1, 0.15) is 28.7 Å². The van der Waals surface area contributed by atoms with Gasteiger partial charge in [0.05, 0.1) is 10.7 Å². The lowest BCUT2D eigenvalue weighted by Gasteiger charge is -2.42. The zero-order valence-corrected chi connectivity index (χ0v) is 16.2. The molecule has 2 aliphatic rings. The van der Waals surface area contributed by atoms with Crippen molar-refractivity contribution in [2.75, 3.05) is 13.1 Å². The van der Waals surface area contributed by atoms with E-state index in [9.17, 15) is 4.79 Å². The summed E-state index contributed by atoms with van der Waals surface area (Å²) in [4.78, 5) is 24.1. The molecule has 3 aromatic rings. The van der Waals surface area contributed by atoms with Crippen molar-refractivity contribution in [3.8, 4) is 11.1 Å². The second-order valence-corrected chi connectivity index (χ2v) is 8.77. The first kappa shape index (κ1) is 16.8. The minimum Gasteiger partial charge on any atom is -0.312 e. The van der Waals surface area contributed by atoms with Crippen molar-refractivity contribution in [1.82, 2.24) is 19.4 Å². The van der Waals surface area contributed by atoms with E-state index in [1.807, 2.05) is 22.9 Å². The summed E-state index contributed by atoms with van der Waals surface area (Å²) in [7, 11) is 0. The van der Waals surface area contributed by atoms with Crippen molar-refractivity contribution in [3.05, 3.63) is 68.8 Å². The normalized spacial score (nSPS) is 21.8. The summed E-state index contributed by atoms with van der Waals surface area (Å²) in [5.74, 6) is 0.944. The van der Waals surface area contributed by atoms with Crippen LogP contribution >= 0.6 is 11.3 Å². The Bertz CT molecular complexity index is 1030. The monoisotopic (exact) mass is 378 g/mol. The van der Waals surface area contributed by atoms with Crippen molar-refractivity contribution in [2.24, 2.45) is 5.92 Å². The second kappa shape index (κ2) is 6.69. The Hall–Kier alpha value is -2.31. The highest BCUT2D eigenvalue weighted by Crippen LogP contribution is 2.37. The Labute approximate surface area is 162 Å². The van der Waals surface area contributed by atoms with E-state index < -0.39 is 0 Å². The Balaban J connectivity index is 1.46. The molecule has 2 aliphatic heterocycles. The summed E-state index contributed by atoms with van der Waals surface area (Å²) in [6.45, 7) is 5.82. The maximum absolute atomic E-state index is 12.8. The predicted molar refractivity (Wildman–Crippen MR) is 107 cm³/mol. The van der Waals surface area contributed by atoms with Crippen LogP contribution in [0, 0.1) is 12.8 Å². The van der Waals surface area contributed by atoms with E-state index >= 15 is 0 Å². The lowest BCUT2D eigenvalue weighted by molar-refractivity contribution is 0.113. The lowest BCUT2D eigenvalue weighted by Crippen LogP contribution is -2.46. The summed E-state index contributed by atoms with van der Waals surface area (Å²) >= 11 is 1.72. The first-order chi connectivity index (χ1) is 13.2. The molecule has 0 spiro atoms. The van der Waals surface area contributed by atoms with Gasteiger partial charge in [0.15, 0.2) is 0 Å². The first-order valence-corrected chi connectivity index (χ1v) is 10.3. The maximum Gasteiger partial charge on any atom is 0.251 e. The summed E-state index contributed by atoms with van der Waals surface area (Å²) < 4.78 is 2.00. The van der Waals surface area contributed by atoms with Gasteiger partial charge in [0.2, 0.25) is 0 Å². The van der Waals surface area contributed by atoms with Crippen molar-refractivity contribution in [3.63, 3.8) is 0 Å². The molecule has 0 aromatic carbocycles. The molecular formula is C21H22N4OS. The van der Waals surface area contributed by atoms with Crippen LogP contribution in [0.3, 0.4) is 0 Å². The molecule has 1 fully saturated rings. The van der Waals surface area contributed by atoms with E-state index in [-0.39, 0.29) is 5.56 Å². The molecule has 138 valence electrons. The zero-order valence-electron chi connectivity index (χ0n) is 15.3. The van der Waals surface area contributed by atoms with Crippen LogP contribution in [0.2, 0.25) is 0 Å². The standard InChI is InChI=1S/C21H22N4OS/c1-14-23-19(13-27-14)12-24-9-15-5-18(11-24)20-6-17(7-21(26)25(20)10-15)16-3-2-4-22-8-16/h2-4,6-8,13,15,18H,5,9-12H2,1H3/t15-,18+/m0/s1. The van der Waals surface area contributed by atoms with Crippen LogP contribution in [0.25, 0.3) is 11.1 Å². The Kier molecular flexibility index (Phi) is 4.17. The van der Waals surface area contributed by atoms with E-state index in [2.05, 4.69) is 33.2 Å². The fourth-order valence-corrected chi connectivity index (χ4v) is 5.20. The number of hydrogen-bond donors (Lipinski definition) is 0. The molecule has 5 heterocycles. The minimum absolute atomic E-state index is 0.115. The number of pyridine rings is 2. The van der Waals surface area contributed by atoms with Crippen molar-refractivity contribution in [1.29, 1.82) is 0 Å². The van der Waals surface area contributed by atoms with Gasteiger partial charge in [0.25, 0.3) is 5.56 Å². The predicted octanol–water partition coefficient (Wildman–Crippen LogP) is 3.29. The summed E-state index contributed by atoms with van der Waals surface area (Å²) in [6.07, 6.45) is 4.76. The molecule has 2 atom stereocenters. The third kappa shape index (κ3) is 3.24. The Morgan fingerprint density at radius 3 is 2.93 bits per heavy atom. The number of rotatable bonds is 3. The molecule has 0 aliphatic carbocycles. The average molecular weight is 379 g/mol. The quantitative estimate of drug-likeness (QED) is 0.702. The summed E-state index contributed by atoms with van der Waals surface area (Å²) in [6, 6.07) is 7.90. The smallest absolute Gasteiger partial charge is 0.251 e. The maximum atomic E-state index is 12.8. The fourth-order valence-electron chi connectivity index (χ4n) is 4.60. The van der Waals surface area contributed by atoms with E-state index in [0.29, 0.717) is 11.8 Å². The summed E-state index contributed by atoms with van der Waals surface area (Å²) in [5.41, 5.74) is 4.44. The largest absolute Gasteiger partial charge is 0.312 e. The van der Waals surface area contributed by atoms with Crippen LogP contribution in [0.5, 0.6) is 0 Å². The SMILES string of the molecule is Cc1nc(CN2C[C@@H]3C[C@H](C2)c2cc(-c4cccnc4)cc(=O)n2C3)cs1. The third-order valence-corrected chi connectivity index (χ3v) is 6.50. The van der Waals surface area contributed by atoms with Crippen LogP contribution in [-0.2, 0) is 13.1 Å². The van der Waals surface area contributed by atoms with Gasteiger partial charge in [-0.3, -0.25) is 14.7 Å². The average Bonchev–Trinajstić information content (AvgIpc) is 3.08. The van der Waals surface area contributed by atoms with Crippen molar-refractivity contribution in [2.45, 2.75) is 32.4 Å². The fraction of sp³-hybridized carbons (Fsp3) is 0.381. The molecule has 3 aromatic heterocycles. The van der Waals surface area contributed by atoms with Crippen molar-refractivity contribution < 1.29 is 0 Å².